The second kappa shape index (κ2) is 6.33. The lowest BCUT2D eigenvalue weighted by Crippen LogP contribution is -2.59. The number of thiophene rings is 2. The topological polar surface area (TPSA) is 42.7 Å². The molecular formula is C20H22N2O2S2Si. The van der Waals surface area contributed by atoms with Crippen molar-refractivity contribution >= 4 is 58.2 Å². The number of hydrogen-bond acceptors (Lipinski definition) is 5. The number of nitrogens with zero attached hydrogens (tertiary/aromatic N) is 1. The molecule has 4 heterocycles. The van der Waals surface area contributed by atoms with Gasteiger partial charge in [0.15, 0.2) is 0 Å². The first-order valence-corrected chi connectivity index (χ1v) is 13.1. The van der Waals surface area contributed by atoms with Crippen molar-refractivity contribution in [2.45, 2.75) is 44.9 Å². The molecule has 1 spiro atoms. The van der Waals surface area contributed by atoms with Gasteiger partial charge in [-0.05, 0) is 61.4 Å². The molecule has 0 unspecified atom stereocenters. The monoisotopic (exact) mass is 414 g/mol. The number of anilines is 1. The number of ether oxygens (including phenoxy) is 1. The normalized spacial score (nSPS) is 17.1. The van der Waals surface area contributed by atoms with Gasteiger partial charge < -0.3 is 10.1 Å². The lowest BCUT2D eigenvalue weighted by molar-refractivity contribution is -0.149. The minimum absolute atomic E-state index is 0.0523. The Bertz CT molecular complexity index is 1000. The van der Waals surface area contributed by atoms with Crippen molar-refractivity contribution in [3.63, 3.8) is 0 Å². The Morgan fingerprint density at radius 2 is 1.93 bits per heavy atom. The van der Waals surface area contributed by atoms with Crippen LogP contribution in [0.1, 0.15) is 32.1 Å². The number of hydrogen-bond donors (Lipinski definition) is 1. The number of esters is 1. The van der Waals surface area contributed by atoms with Gasteiger partial charge >= 0.3 is 5.97 Å². The molecule has 1 saturated heterocycles. The van der Waals surface area contributed by atoms with Gasteiger partial charge in [0.2, 0.25) is 0 Å². The van der Waals surface area contributed by atoms with E-state index in [1.54, 1.807) is 22.6 Å². The molecule has 4 rings (SSSR count). The Labute approximate surface area is 168 Å². The van der Waals surface area contributed by atoms with Gasteiger partial charge in [-0.15, -0.1) is 22.7 Å². The fourth-order valence-corrected chi connectivity index (χ4v) is 12.2. The molecule has 1 fully saturated rings. The van der Waals surface area contributed by atoms with Gasteiger partial charge in [-0.25, -0.2) is 4.85 Å². The van der Waals surface area contributed by atoms with Crippen molar-refractivity contribution in [3.05, 3.63) is 34.1 Å². The maximum Gasteiger partial charge on any atom is 0.336 e. The maximum atomic E-state index is 12.3. The Morgan fingerprint density at radius 3 is 2.48 bits per heavy atom. The van der Waals surface area contributed by atoms with E-state index in [0.29, 0.717) is 0 Å². The van der Waals surface area contributed by atoms with E-state index in [1.165, 1.54) is 38.5 Å². The number of carbonyl (C=O) groups is 1. The number of rotatable bonds is 3. The van der Waals surface area contributed by atoms with Crippen LogP contribution < -0.4 is 15.7 Å². The second-order valence-corrected chi connectivity index (χ2v) is 14.5. The average Bonchev–Trinajstić information content (AvgIpc) is 3.18. The largest absolute Gasteiger partial charge is 0.465 e. The van der Waals surface area contributed by atoms with Crippen molar-refractivity contribution < 1.29 is 9.53 Å². The van der Waals surface area contributed by atoms with E-state index in [2.05, 4.69) is 22.3 Å². The van der Waals surface area contributed by atoms with Crippen LogP contribution in [0.5, 0.6) is 0 Å². The van der Waals surface area contributed by atoms with Crippen LogP contribution in [0, 0.1) is 6.57 Å². The molecule has 2 aromatic rings. The van der Waals surface area contributed by atoms with E-state index < -0.39 is 19.6 Å². The average molecular weight is 415 g/mol. The number of fused-ring (bicyclic) bond motifs is 5. The third-order valence-corrected chi connectivity index (χ3v) is 13.2. The zero-order chi connectivity index (χ0) is 19.4. The van der Waals surface area contributed by atoms with Gasteiger partial charge in [0.1, 0.15) is 13.7 Å². The fourth-order valence-electron chi connectivity index (χ4n) is 3.86. The Kier molecular flexibility index (Phi) is 4.33. The van der Waals surface area contributed by atoms with E-state index >= 15 is 0 Å². The van der Waals surface area contributed by atoms with Crippen LogP contribution in [0.15, 0.2) is 17.8 Å². The Hall–Kier alpha value is -1.88. The molecule has 2 aliphatic rings. The van der Waals surface area contributed by atoms with Crippen LogP contribution in [0.3, 0.4) is 0 Å². The van der Waals surface area contributed by atoms with E-state index in [0.717, 1.165) is 4.88 Å². The Balaban J connectivity index is 1.73. The molecule has 0 saturated carbocycles. The Morgan fingerprint density at radius 1 is 1.26 bits per heavy atom. The summed E-state index contributed by atoms with van der Waals surface area (Å²) in [6.07, 6.45) is 3.01. The zero-order valence-corrected chi connectivity index (χ0v) is 18.6. The summed E-state index contributed by atoms with van der Waals surface area (Å²) in [6.45, 7) is 12.8. The van der Waals surface area contributed by atoms with E-state index in [1.807, 2.05) is 39.2 Å². The van der Waals surface area contributed by atoms with E-state index in [4.69, 9.17) is 11.3 Å². The standard InChI is InChI=1S/C20H22N2O2S2Si/c1-20(2,3)24-19(23)13(21-4)9-12-10-14-17(25-12)18-15(11-16(22-5)26-18)27(14)7-6-8-27/h9-11,22H,6-8H2,1-3,5H3/b13-9-. The van der Waals surface area contributed by atoms with Crippen molar-refractivity contribution in [1.82, 2.24) is 0 Å². The van der Waals surface area contributed by atoms with Crippen LogP contribution in [0.25, 0.3) is 20.7 Å². The predicted molar refractivity (Wildman–Crippen MR) is 117 cm³/mol. The minimum Gasteiger partial charge on any atom is -0.465 e. The minimum atomic E-state index is -1.56. The highest BCUT2D eigenvalue weighted by molar-refractivity contribution is 7.31. The van der Waals surface area contributed by atoms with Crippen molar-refractivity contribution in [2.75, 3.05) is 12.4 Å². The van der Waals surface area contributed by atoms with Crippen LogP contribution in [-0.4, -0.2) is 26.7 Å². The summed E-state index contributed by atoms with van der Waals surface area (Å²) in [5, 5.41) is 7.63. The molecule has 4 nitrogen and oxygen atoms in total. The lowest BCUT2D eigenvalue weighted by Gasteiger charge is -2.37. The zero-order valence-electron chi connectivity index (χ0n) is 15.9. The van der Waals surface area contributed by atoms with E-state index in [-0.39, 0.29) is 5.70 Å². The van der Waals surface area contributed by atoms with Gasteiger partial charge in [0.05, 0.1) is 11.6 Å². The summed E-state index contributed by atoms with van der Waals surface area (Å²) in [5.41, 5.74) is -0.548. The van der Waals surface area contributed by atoms with Gasteiger partial charge in [-0.1, -0.05) is 6.42 Å². The molecule has 2 aromatic heterocycles. The SMILES string of the molecule is [C-]#[N+]/C(=C\c1cc2c(s1)-c1sc(NC)cc1[Si]21CCC1)C(=O)OC(C)(C)C. The highest BCUT2D eigenvalue weighted by Crippen LogP contribution is 2.47. The second-order valence-electron chi connectivity index (χ2n) is 8.07. The van der Waals surface area contributed by atoms with Crippen molar-refractivity contribution in [3.8, 4) is 9.75 Å². The van der Waals surface area contributed by atoms with Crippen LogP contribution in [0.2, 0.25) is 12.1 Å². The van der Waals surface area contributed by atoms with Gasteiger partial charge in [0.25, 0.3) is 5.70 Å². The van der Waals surface area contributed by atoms with Crippen molar-refractivity contribution in [1.29, 1.82) is 0 Å². The summed E-state index contributed by atoms with van der Waals surface area (Å²) in [7, 11) is 0.410. The molecule has 0 aromatic carbocycles. The molecule has 2 aliphatic heterocycles. The van der Waals surface area contributed by atoms with Gasteiger partial charge in [-0.3, -0.25) is 4.79 Å². The molecule has 0 atom stereocenters. The molecule has 27 heavy (non-hydrogen) atoms. The fraction of sp³-hybridized carbons (Fsp3) is 0.400. The smallest absolute Gasteiger partial charge is 0.336 e. The summed E-state index contributed by atoms with van der Waals surface area (Å²) >= 11 is 3.54. The third kappa shape index (κ3) is 2.96. The molecule has 0 bridgehead atoms. The lowest BCUT2D eigenvalue weighted by atomic mass is 10.2. The van der Waals surface area contributed by atoms with Crippen LogP contribution in [0.4, 0.5) is 5.00 Å². The quantitative estimate of drug-likeness (QED) is 0.350. The van der Waals surface area contributed by atoms with Gasteiger partial charge in [0, 0.05) is 21.7 Å². The van der Waals surface area contributed by atoms with E-state index in [9.17, 15) is 4.79 Å². The van der Waals surface area contributed by atoms with Gasteiger partial charge in [-0.2, -0.15) is 0 Å². The molecule has 140 valence electrons. The van der Waals surface area contributed by atoms with Crippen LogP contribution >= 0.6 is 22.7 Å². The number of carbonyl (C=O) groups excluding carboxylic acids is 1. The highest BCUT2D eigenvalue weighted by Gasteiger charge is 2.51. The first kappa shape index (κ1) is 18.5. The number of nitrogens with one attached hydrogen (secondary N) is 1. The first-order chi connectivity index (χ1) is 12.8. The third-order valence-electron chi connectivity index (χ3n) is 5.18. The summed E-state index contributed by atoms with van der Waals surface area (Å²) in [6, 6.07) is 7.23. The predicted octanol–water partition coefficient (Wildman–Crippen LogP) is 4.40. The molecule has 0 aliphatic carbocycles. The maximum absolute atomic E-state index is 12.3. The first-order valence-electron chi connectivity index (χ1n) is 9.07. The summed E-state index contributed by atoms with van der Waals surface area (Å²) < 4.78 is 5.37. The molecule has 0 radical (unpaired) electrons. The molecule has 0 amide bonds. The van der Waals surface area contributed by atoms with Crippen LogP contribution in [-0.2, 0) is 9.53 Å². The van der Waals surface area contributed by atoms with Crippen molar-refractivity contribution in [2.24, 2.45) is 0 Å². The molecule has 1 N–H and O–H groups in total. The molecule has 7 heteroatoms. The molecular weight excluding hydrogens is 392 g/mol. The summed E-state index contributed by atoms with van der Waals surface area (Å²) in [4.78, 5) is 19.5. The highest BCUT2D eigenvalue weighted by atomic mass is 32.1. The summed E-state index contributed by atoms with van der Waals surface area (Å²) in [5.74, 6) is -0.545.